The molecule has 0 fully saturated rings. The molecule has 0 atom stereocenters. The Bertz CT molecular complexity index is 1110. The normalized spacial score (nSPS) is 10.4. The molecule has 0 unspecified atom stereocenters. The summed E-state index contributed by atoms with van der Waals surface area (Å²) in [5, 5.41) is 41.1. The van der Waals surface area contributed by atoms with Crippen LogP contribution in [0.5, 0.6) is 0 Å². The van der Waals surface area contributed by atoms with Crippen molar-refractivity contribution in [2.45, 2.75) is 10.8 Å². The second kappa shape index (κ2) is 12.4. The van der Waals surface area contributed by atoms with Gasteiger partial charge in [-0.15, -0.1) is 26.3 Å². The molecule has 0 aliphatic heterocycles. The second-order valence-electron chi connectivity index (χ2n) is 8.01. The Balaban J connectivity index is 2.64. The van der Waals surface area contributed by atoms with Crippen molar-refractivity contribution < 1.29 is 0 Å². The van der Waals surface area contributed by atoms with Crippen LogP contribution in [0, 0.1) is 45.3 Å². The monoisotopic (exact) mass is 472 g/mol. The molecule has 0 amide bonds. The summed E-state index contributed by atoms with van der Waals surface area (Å²) in [5.41, 5.74) is -1.95. The van der Waals surface area contributed by atoms with Gasteiger partial charge in [0.25, 0.3) is 0 Å². The van der Waals surface area contributed by atoms with Crippen molar-refractivity contribution in [1.82, 2.24) is 0 Å². The lowest BCUT2D eigenvalue weighted by atomic mass is 9.59. The molecule has 0 bridgehead atoms. The number of hydrogen-bond donors (Lipinski definition) is 0. The van der Waals surface area contributed by atoms with Crippen LogP contribution in [0.1, 0.15) is 11.1 Å². The number of nitrogens with zero attached hydrogens (tertiary/aromatic N) is 6. The van der Waals surface area contributed by atoms with Gasteiger partial charge in [-0.1, -0.05) is 48.6 Å². The summed E-state index contributed by atoms with van der Waals surface area (Å²) in [6.07, 6.45) is 7.05. The Morgan fingerprint density at radius 2 is 0.778 bits per heavy atom. The van der Waals surface area contributed by atoms with E-state index in [-0.39, 0.29) is 11.1 Å². The van der Waals surface area contributed by atoms with Crippen molar-refractivity contribution in [2.24, 2.45) is 0 Å². The maximum absolute atomic E-state index is 10.3. The van der Waals surface area contributed by atoms with Gasteiger partial charge in [0, 0.05) is 37.6 Å². The van der Waals surface area contributed by atoms with Crippen LogP contribution in [0.3, 0.4) is 0 Å². The predicted molar refractivity (Wildman–Crippen MR) is 144 cm³/mol. The zero-order valence-corrected chi connectivity index (χ0v) is 20.3. The molecule has 2 rings (SSSR count). The highest BCUT2D eigenvalue weighted by Gasteiger charge is 2.57. The molecule has 36 heavy (non-hydrogen) atoms. The molecule has 0 saturated heterocycles. The third kappa shape index (κ3) is 4.90. The third-order valence-electron chi connectivity index (χ3n) is 5.96. The molecule has 178 valence electrons. The molecular formula is C30H28N6. The fourth-order valence-corrected chi connectivity index (χ4v) is 4.12. The lowest BCUT2D eigenvalue weighted by Gasteiger charge is -2.33. The van der Waals surface area contributed by atoms with Gasteiger partial charge < -0.3 is 9.80 Å². The molecule has 0 radical (unpaired) electrons. The van der Waals surface area contributed by atoms with Crippen molar-refractivity contribution in [1.29, 1.82) is 21.0 Å². The molecule has 0 heterocycles. The first kappa shape index (κ1) is 27.2. The molecule has 0 aliphatic carbocycles. The smallest absolute Gasteiger partial charge is 0.204 e. The first-order valence-corrected chi connectivity index (χ1v) is 11.3. The van der Waals surface area contributed by atoms with Crippen LogP contribution >= 0.6 is 0 Å². The van der Waals surface area contributed by atoms with E-state index in [9.17, 15) is 21.0 Å². The Labute approximate surface area is 213 Å². The fraction of sp³-hybridized carbons (Fsp3) is 0.200. The van der Waals surface area contributed by atoms with Crippen molar-refractivity contribution in [3.63, 3.8) is 0 Å². The van der Waals surface area contributed by atoms with E-state index in [1.54, 1.807) is 72.8 Å². The van der Waals surface area contributed by atoms with E-state index in [1.807, 2.05) is 34.1 Å². The number of hydrogen-bond acceptors (Lipinski definition) is 6. The lowest BCUT2D eigenvalue weighted by Crippen LogP contribution is -2.46. The highest BCUT2D eigenvalue weighted by atomic mass is 15.1. The molecule has 0 aromatic heterocycles. The number of rotatable bonds is 13. The lowest BCUT2D eigenvalue weighted by molar-refractivity contribution is 0.524. The Morgan fingerprint density at radius 3 is 0.972 bits per heavy atom. The van der Waals surface area contributed by atoms with Crippen molar-refractivity contribution >= 4 is 11.4 Å². The van der Waals surface area contributed by atoms with Crippen LogP contribution in [-0.2, 0) is 10.8 Å². The maximum atomic E-state index is 10.3. The van der Waals surface area contributed by atoms with Gasteiger partial charge in [0.1, 0.15) is 0 Å². The van der Waals surface area contributed by atoms with Crippen molar-refractivity contribution in [3.8, 4) is 24.3 Å². The van der Waals surface area contributed by atoms with Gasteiger partial charge in [-0.05, 0) is 35.4 Å². The fourth-order valence-electron chi connectivity index (χ4n) is 4.12. The summed E-state index contributed by atoms with van der Waals surface area (Å²) in [5.74, 6) is 0. The summed E-state index contributed by atoms with van der Waals surface area (Å²) >= 11 is 0. The Morgan fingerprint density at radius 1 is 0.528 bits per heavy atom. The highest BCUT2D eigenvalue weighted by molar-refractivity contribution is 5.63. The Hall–Kier alpha value is -5.04. The summed E-state index contributed by atoms with van der Waals surface area (Å²) in [6, 6.07) is 21.6. The van der Waals surface area contributed by atoms with E-state index >= 15 is 0 Å². The average Bonchev–Trinajstić information content (AvgIpc) is 2.92. The van der Waals surface area contributed by atoms with Crippen molar-refractivity contribution in [2.75, 3.05) is 36.0 Å². The highest BCUT2D eigenvalue weighted by Crippen LogP contribution is 2.44. The predicted octanol–water partition coefficient (Wildman–Crippen LogP) is 5.31. The standard InChI is InChI=1S/C30H28N6/c1-5-17-35(18-6-2)27-13-9-25(10-14-27)29(21-31,22-32)30(23-33,24-34)26-11-15-28(16-12-26)36(19-7-3)20-8-4/h5-16H,1-4,17-20H2. The van der Waals surface area contributed by atoms with Crippen LogP contribution in [0.2, 0.25) is 0 Å². The minimum Gasteiger partial charge on any atom is -0.364 e. The molecule has 6 heteroatoms. The van der Waals surface area contributed by atoms with Crippen LogP contribution < -0.4 is 9.80 Å². The van der Waals surface area contributed by atoms with Gasteiger partial charge in [-0.2, -0.15) is 21.0 Å². The van der Waals surface area contributed by atoms with Gasteiger partial charge in [0.05, 0.1) is 24.3 Å². The minimum absolute atomic E-state index is 0.264. The van der Waals surface area contributed by atoms with Gasteiger partial charge in [0.2, 0.25) is 10.8 Å². The summed E-state index contributed by atoms with van der Waals surface area (Å²) in [6.45, 7) is 17.4. The summed E-state index contributed by atoms with van der Waals surface area (Å²) < 4.78 is 0. The summed E-state index contributed by atoms with van der Waals surface area (Å²) in [7, 11) is 0. The number of anilines is 2. The zero-order valence-electron chi connectivity index (χ0n) is 20.3. The molecule has 6 nitrogen and oxygen atoms in total. The molecule has 2 aromatic rings. The maximum Gasteiger partial charge on any atom is 0.204 e. The van der Waals surface area contributed by atoms with Crippen molar-refractivity contribution in [3.05, 3.63) is 110 Å². The van der Waals surface area contributed by atoms with Gasteiger partial charge in [-0.3, -0.25) is 0 Å². The van der Waals surface area contributed by atoms with E-state index in [0.717, 1.165) is 11.4 Å². The Kier molecular flexibility index (Phi) is 9.39. The molecule has 0 aliphatic rings. The third-order valence-corrected chi connectivity index (χ3v) is 5.96. The van der Waals surface area contributed by atoms with Gasteiger partial charge in [0.15, 0.2) is 0 Å². The van der Waals surface area contributed by atoms with Crippen LogP contribution in [-0.4, -0.2) is 26.2 Å². The van der Waals surface area contributed by atoms with E-state index < -0.39 is 10.8 Å². The first-order chi connectivity index (χ1) is 17.5. The van der Waals surface area contributed by atoms with Crippen LogP contribution in [0.15, 0.2) is 99.2 Å². The topological polar surface area (TPSA) is 102 Å². The zero-order chi connectivity index (χ0) is 26.6. The van der Waals surface area contributed by atoms with Gasteiger partial charge in [-0.25, -0.2) is 0 Å². The van der Waals surface area contributed by atoms with Gasteiger partial charge >= 0.3 is 0 Å². The number of nitriles is 4. The molecule has 0 N–H and O–H groups in total. The molecule has 0 spiro atoms. The molecular weight excluding hydrogens is 444 g/mol. The first-order valence-electron chi connectivity index (χ1n) is 11.3. The molecule has 0 saturated carbocycles. The van der Waals surface area contributed by atoms with Crippen LogP contribution in [0.25, 0.3) is 0 Å². The average molecular weight is 473 g/mol. The summed E-state index contributed by atoms with van der Waals surface area (Å²) in [4.78, 5) is 4.01. The SMILES string of the molecule is C=CCN(CC=C)c1ccc(C(C#N)(C#N)C(C#N)(C#N)c2ccc(N(CC=C)CC=C)cc2)cc1. The minimum atomic E-state index is -2.07. The quantitative estimate of drug-likeness (QED) is 0.366. The van der Waals surface area contributed by atoms with E-state index in [1.165, 1.54) is 0 Å². The molecule has 2 aromatic carbocycles. The second-order valence-corrected chi connectivity index (χ2v) is 8.01. The largest absolute Gasteiger partial charge is 0.364 e. The van der Waals surface area contributed by atoms with Crippen LogP contribution in [0.4, 0.5) is 11.4 Å². The van der Waals surface area contributed by atoms with E-state index in [0.29, 0.717) is 26.2 Å². The van der Waals surface area contributed by atoms with E-state index in [2.05, 4.69) is 26.3 Å². The number of benzene rings is 2. The van der Waals surface area contributed by atoms with E-state index in [4.69, 9.17) is 0 Å².